The first-order valence-corrected chi connectivity index (χ1v) is 8.87. The van der Waals surface area contributed by atoms with Crippen molar-refractivity contribution in [3.63, 3.8) is 0 Å². The lowest BCUT2D eigenvalue weighted by molar-refractivity contribution is -0.153. The summed E-state index contributed by atoms with van der Waals surface area (Å²) in [5.41, 5.74) is -0.999. The fourth-order valence-corrected chi connectivity index (χ4v) is 1.97. The number of hydrogen-bond acceptors (Lipinski definition) is 4. The first-order chi connectivity index (χ1) is 12.0. The van der Waals surface area contributed by atoms with E-state index in [2.05, 4.69) is 10.1 Å². The molecule has 1 aromatic heterocycles. The first-order valence-electron chi connectivity index (χ1n) is 8.87. The van der Waals surface area contributed by atoms with Crippen molar-refractivity contribution in [2.24, 2.45) is 5.92 Å². The molecule has 0 bridgehead atoms. The lowest BCUT2D eigenvalue weighted by atomic mass is 9.82. The van der Waals surface area contributed by atoms with E-state index in [0.717, 1.165) is 0 Å². The van der Waals surface area contributed by atoms with Crippen molar-refractivity contribution in [3.05, 3.63) is 48.5 Å². The second-order valence-electron chi connectivity index (χ2n) is 4.44. The SMILES string of the molecule is CC.CC.CC.C[C@@H](C(=O)O)[C@](O)(Cn1cncn1)c1ccccc1. The maximum atomic E-state index is 11.2. The standard InChI is InChI=1S/C13H15N3O3.3C2H6/c1-10(12(17)18)13(19,7-16-9-14-8-15-16)11-5-3-2-4-6-11;3*1-2/h2-6,8-10,19H,7H2,1H3,(H,17,18);3*1-2H3/t10-,13+;;;/m0.../s1. The van der Waals surface area contributed by atoms with E-state index in [1.165, 1.54) is 24.3 Å². The van der Waals surface area contributed by atoms with Crippen molar-refractivity contribution in [1.29, 1.82) is 0 Å². The van der Waals surface area contributed by atoms with Crippen molar-refractivity contribution in [1.82, 2.24) is 14.8 Å². The first kappa shape index (κ1) is 25.0. The second kappa shape index (κ2) is 14.2. The molecule has 2 rings (SSSR count). The quantitative estimate of drug-likeness (QED) is 0.851. The van der Waals surface area contributed by atoms with Crippen LogP contribution in [0.2, 0.25) is 0 Å². The summed E-state index contributed by atoms with van der Waals surface area (Å²) in [7, 11) is 0. The van der Waals surface area contributed by atoms with Gasteiger partial charge in [0, 0.05) is 0 Å². The maximum Gasteiger partial charge on any atom is 0.309 e. The molecule has 0 unspecified atom stereocenters. The zero-order valence-electron chi connectivity index (χ0n) is 16.5. The van der Waals surface area contributed by atoms with Gasteiger partial charge in [-0.3, -0.25) is 4.79 Å². The van der Waals surface area contributed by atoms with Crippen LogP contribution in [-0.2, 0) is 16.9 Å². The average Bonchev–Trinajstić information content (AvgIpc) is 3.19. The zero-order chi connectivity index (χ0) is 19.9. The molecule has 2 atom stereocenters. The molecule has 1 aromatic carbocycles. The third-order valence-corrected chi connectivity index (χ3v) is 3.23. The maximum absolute atomic E-state index is 11.2. The van der Waals surface area contributed by atoms with Crippen LogP contribution < -0.4 is 0 Å². The lowest BCUT2D eigenvalue weighted by Gasteiger charge is -2.32. The van der Waals surface area contributed by atoms with E-state index in [1.54, 1.807) is 24.3 Å². The summed E-state index contributed by atoms with van der Waals surface area (Å²) in [6.07, 6.45) is 2.79. The van der Waals surface area contributed by atoms with Crippen molar-refractivity contribution in [3.8, 4) is 0 Å². The molecule has 6 nitrogen and oxygen atoms in total. The van der Waals surface area contributed by atoms with E-state index in [1.807, 2.05) is 47.6 Å². The normalized spacial score (nSPS) is 12.6. The Morgan fingerprint density at radius 3 is 2.04 bits per heavy atom. The fourth-order valence-electron chi connectivity index (χ4n) is 1.97. The predicted molar refractivity (Wildman–Crippen MR) is 101 cm³/mol. The Hall–Kier alpha value is -2.21. The number of carboxylic acids is 1. The van der Waals surface area contributed by atoms with Crippen molar-refractivity contribution in [2.45, 2.75) is 60.6 Å². The molecule has 0 spiro atoms. The van der Waals surface area contributed by atoms with E-state index in [4.69, 9.17) is 0 Å². The Kier molecular flexibility index (Phi) is 14.2. The number of rotatable bonds is 5. The highest BCUT2D eigenvalue weighted by atomic mass is 16.4. The fraction of sp³-hybridized carbons (Fsp3) is 0.526. The summed E-state index contributed by atoms with van der Waals surface area (Å²) in [6.45, 7) is 13.5. The largest absolute Gasteiger partial charge is 0.481 e. The van der Waals surface area contributed by atoms with E-state index in [0.29, 0.717) is 5.56 Å². The lowest BCUT2D eigenvalue weighted by Crippen LogP contribution is -2.42. The third kappa shape index (κ3) is 7.47. The van der Waals surface area contributed by atoms with Crippen LogP contribution in [0.4, 0.5) is 0 Å². The smallest absolute Gasteiger partial charge is 0.309 e. The summed E-state index contributed by atoms with van der Waals surface area (Å²) in [5.74, 6) is -2.04. The number of carbonyl (C=O) groups is 1. The highest BCUT2D eigenvalue weighted by molar-refractivity contribution is 5.71. The van der Waals surface area contributed by atoms with Crippen LogP contribution in [0.25, 0.3) is 0 Å². The Morgan fingerprint density at radius 2 is 1.64 bits per heavy atom. The van der Waals surface area contributed by atoms with Gasteiger partial charge in [-0.1, -0.05) is 71.9 Å². The molecule has 0 fully saturated rings. The van der Waals surface area contributed by atoms with Gasteiger partial charge in [0.05, 0.1) is 12.5 Å². The Bertz CT molecular complexity index is 544. The zero-order valence-corrected chi connectivity index (χ0v) is 16.5. The molecule has 142 valence electrons. The number of hydrogen-bond donors (Lipinski definition) is 2. The van der Waals surface area contributed by atoms with Crippen LogP contribution in [0.1, 0.15) is 54.0 Å². The van der Waals surface area contributed by atoms with Gasteiger partial charge in [0.15, 0.2) is 0 Å². The Labute approximate surface area is 151 Å². The Balaban J connectivity index is 0. The minimum absolute atomic E-state index is 0.0322. The molecule has 1 heterocycles. The van der Waals surface area contributed by atoms with Crippen LogP contribution in [0.3, 0.4) is 0 Å². The van der Waals surface area contributed by atoms with Crippen LogP contribution >= 0.6 is 0 Å². The molecule has 0 aliphatic heterocycles. The van der Waals surface area contributed by atoms with Crippen LogP contribution in [0.5, 0.6) is 0 Å². The van der Waals surface area contributed by atoms with Gasteiger partial charge in [-0.05, 0) is 12.5 Å². The van der Waals surface area contributed by atoms with E-state index in [-0.39, 0.29) is 6.54 Å². The minimum atomic E-state index is -1.54. The summed E-state index contributed by atoms with van der Waals surface area (Å²) < 4.78 is 1.42. The molecule has 0 saturated carbocycles. The molecule has 25 heavy (non-hydrogen) atoms. The van der Waals surface area contributed by atoms with Gasteiger partial charge < -0.3 is 10.2 Å². The number of aliphatic hydroxyl groups is 1. The van der Waals surface area contributed by atoms with Gasteiger partial charge in [0.1, 0.15) is 18.3 Å². The van der Waals surface area contributed by atoms with Gasteiger partial charge in [0.25, 0.3) is 0 Å². The van der Waals surface area contributed by atoms with Crippen molar-refractivity contribution in [2.75, 3.05) is 0 Å². The molecule has 2 aromatic rings. The van der Waals surface area contributed by atoms with Gasteiger partial charge in [-0.2, -0.15) is 5.10 Å². The van der Waals surface area contributed by atoms with E-state index < -0.39 is 17.5 Å². The van der Waals surface area contributed by atoms with Gasteiger partial charge >= 0.3 is 5.97 Å². The van der Waals surface area contributed by atoms with Gasteiger partial charge in [-0.15, -0.1) is 0 Å². The molecular formula is C19H33N3O3. The molecule has 6 heteroatoms. The van der Waals surface area contributed by atoms with Crippen molar-refractivity contribution >= 4 is 5.97 Å². The number of nitrogens with zero attached hydrogens (tertiary/aromatic N) is 3. The molecule has 0 aliphatic carbocycles. The number of benzene rings is 1. The van der Waals surface area contributed by atoms with Gasteiger partial charge in [-0.25, -0.2) is 9.67 Å². The topological polar surface area (TPSA) is 88.2 Å². The molecular weight excluding hydrogens is 318 g/mol. The van der Waals surface area contributed by atoms with Crippen molar-refractivity contribution < 1.29 is 15.0 Å². The van der Waals surface area contributed by atoms with E-state index in [9.17, 15) is 15.0 Å². The van der Waals surface area contributed by atoms with Crippen LogP contribution in [-0.4, -0.2) is 30.9 Å². The van der Waals surface area contributed by atoms with E-state index >= 15 is 0 Å². The molecule has 0 saturated heterocycles. The minimum Gasteiger partial charge on any atom is -0.481 e. The van der Waals surface area contributed by atoms with Crippen LogP contribution in [0, 0.1) is 5.92 Å². The summed E-state index contributed by atoms with van der Waals surface area (Å²) in [6, 6.07) is 8.74. The predicted octanol–water partition coefficient (Wildman–Crippen LogP) is 3.97. The highest BCUT2D eigenvalue weighted by Gasteiger charge is 2.40. The monoisotopic (exact) mass is 351 g/mol. The average molecular weight is 351 g/mol. The number of aliphatic carboxylic acids is 1. The van der Waals surface area contributed by atoms with Crippen LogP contribution in [0.15, 0.2) is 43.0 Å². The summed E-state index contributed by atoms with van der Waals surface area (Å²) in [4.78, 5) is 15.0. The Morgan fingerprint density at radius 1 is 1.12 bits per heavy atom. The third-order valence-electron chi connectivity index (χ3n) is 3.23. The molecule has 0 aliphatic rings. The number of carboxylic acid groups (broad SMARTS) is 1. The molecule has 0 radical (unpaired) electrons. The number of aromatic nitrogens is 3. The highest BCUT2D eigenvalue weighted by Crippen LogP contribution is 2.31. The molecule has 0 amide bonds. The molecule has 2 N–H and O–H groups in total. The summed E-state index contributed by atoms with van der Waals surface area (Å²) in [5, 5.41) is 23.9. The summed E-state index contributed by atoms with van der Waals surface area (Å²) >= 11 is 0. The second-order valence-corrected chi connectivity index (χ2v) is 4.44. The van der Waals surface area contributed by atoms with Gasteiger partial charge in [0.2, 0.25) is 0 Å².